The normalized spacial score (nSPS) is 34.5. The Labute approximate surface area is 126 Å². The molecule has 1 amide bonds. The first-order valence-electron chi connectivity index (χ1n) is 8.07. The largest absolute Gasteiger partial charge is 0.458 e. The second-order valence-corrected chi connectivity index (χ2v) is 7.61. The first kappa shape index (κ1) is 14.6. The van der Waals surface area contributed by atoms with E-state index in [4.69, 9.17) is 4.74 Å². The molecule has 3 aliphatic rings. The molecule has 0 aromatic rings. The van der Waals surface area contributed by atoms with E-state index >= 15 is 0 Å². The quantitative estimate of drug-likeness (QED) is 0.580. The summed E-state index contributed by atoms with van der Waals surface area (Å²) in [5.41, 5.74) is -0.496. The lowest BCUT2D eigenvalue weighted by molar-refractivity contribution is -0.164. The second kappa shape index (κ2) is 5.15. The van der Waals surface area contributed by atoms with Gasteiger partial charge >= 0.3 is 5.97 Å². The highest BCUT2D eigenvalue weighted by Gasteiger charge is 2.45. The van der Waals surface area contributed by atoms with E-state index in [1.165, 1.54) is 0 Å². The first-order chi connectivity index (χ1) is 9.85. The number of carbonyl (C=O) groups is 2. The molecular formula is C17H25NO3. The topological polar surface area (TPSA) is 46.6 Å². The van der Waals surface area contributed by atoms with Gasteiger partial charge < -0.3 is 9.64 Å². The fourth-order valence-electron chi connectivity index (χ4n) is 3.92. The Hall–Kier alpha value is -1.32. The van der Waals surface area contributed by atoms with Crippen molar-refractivity contribution in [2.45, 2.75) is 58.1 Å². The van der Waals surface area contributed by atoms with Gasteiger partial charge in [0.05, 0.1) is 0 Å². The molecule has 3 unspecified atom stereocenters. The van der Waals surface area contributed by atoms with Crippen LogP contribution in [0, 0.1) is 17.8 Å². The lowest BCUT2D eigenvalue weighted by Crippen LogP contribution is -2.46. The third-order valence-corrected chi connectivity index (χ3v) is 4.81. The number of fused-ring (bicyclic) bond motifs is 2. The maximum Gasteiger partial charge on any atom is 0.329 e. The number of esters is 1. The van der Waals surface area contributed by atoms with Crippen molar-refractivity contribution in [2.24, 2.45) is 17.8 Å². The van der Waals surface area contributed by atoms with E-state index in [0.717, 1.165) is 25.7 Å². The van der Waals surface area contributed by atoms with E-state index in [2.05, 4.69) is 12.2 Å². The molecule has 1 saturated heterocycles. The average molecular weight is 291 g/mol. The maximum absolute atomic E-state index is 12.8. The number of carbonyl (C=O) groups excluding carboxylic acids is 2. The smallest absolute Gasteiger partial charge is 0.329 e. The number of nitrogens with zero attached hydrogens (tertiary/aromatic N) is 1. The van der Waals surface area contributed by atoms with E-state index in [1.807, 2.05) is 20.8 Å². The van der Waals surface area contributed by atoms with E-state index in [9.17, 15) is 9.59 Å². The van der Waals surface area contributed by atoms with Gasteiger partial charge in [0.2, 0.25) is 5.91 Å². The van der Waals surface area contributed by atoms with Crippen LogP contribution in [0.15, 0.2) is 12.2 Å². The number of amides is 1. The van der Waals surface area contributed by atoms with Gasteiger partial charge in [-0.3, -0.25) is 4.79 Å². The van der Waals surface area contributed by atoms with E-state index < -0.39 is 5.60 Å². The minimum Gasteiger partial charge on any atom is -0.458 e. The van der Waals surface area contributed by atoms with Gasteiger partial charge in [-0.15, -0.1) is 0 Å². The van der Waals surface area contributed by atoms with E-state index in [0.29, 0.717) is 18.4 Å². The monoisotopic (exact) mass is 291 g/mol. The molecule has 21 heavy (non-hydrogen) atoms. The molecule has 0 radical (unpaired) electrons. The molecule has 4 nitrogen and oxygen atoms in total. The third kappa shape index (κ3) is 2.85. The highest BCUT2D eigenvalue weighted by Crippen LogP contribution is 2.44. The summed E-state index contributed by atoms with van der Waals surface area (Å²) in [6, 6.07) is -0.375. The lowest BCUT2D eigenvalue weighted by Gasteiger charge is -2.30. The highest BCUT2D eigenvalue weighted by atomic mass is 16.6. The summed E-state index contributed by atoms with van der Waals surface area (Å²) in [5.74, 6) is 0.976. The van der Waals surface area contributed by atoms with E-state index in [-0.39, 0.29) is 23.8 Å². The molecule has 4 heteroatoms. The molecule has 2 aliphatic carbocycles. The molecule has 4 atom stereocenters. The van der Waals surface area contributed by atoms with Gasteiger partial charge in [-0.2, -0.15) is 0 Å². The van der Waals surface area contributed by atoms with Crippen molar-refractivity contribution in [3.8, 4) is 0 Å². The first-order valence-corrected chi connectivity index (χ1v) is 8.07. The highest BCUT2D eigenvalue weighted by molar-refractivity contribution is 5.87. The van der Waals surface area contributed by atoms with Crippen LogP contribution in [0.4, 0.5) is 0 Å². The van der Waals surface area contributed by atoms with Gasteiger partial charge in [0.25, 0.3) is 0 Å². The predicted octanol–water partition coefficient (Wildman–Crippen LogP) is 2.53. The zero-order valence-corrected chi connectivity index (χ0v) is 13.2. The Morgan fingerprint density at radius 1 is 1.19 bits per heavy atom. The molecule has 0 spiro atoms. The molecular weight excluding hydrogens is 266 g/mol. The molecule has 0 aromatic heterocycles. The van der Waals surface area contributed by atoms with Crippen molar-refractivity contribution in [1.29, 1.82) is 0 Å². The Morgan fingerprint density at radius 3 is 2.52 bits per heavy atom. The number of allylic oxidation sites excluding steroid dienone is 2. The Kier molecular flexibility index (Phi) is 3.58. The Balaban J connectivity index is 1.68. The number of rotatable bonds is 2. The summed E-state index contributed by atoms with van der Waals surface area (Å²) < 4.78 is 5.48. The molecule has 1 heterocycles. The standard InChI is InChI=1S/C17H25NO3/c1-17(2,3)21-16(20)14-5-4-8-18(14)15(19)13-10-11-6-7-12(13)9-11/h6-7,11-14H,4-5,8-10H2,1-3H3/t11?,12?,13?,14-/m1/s1. The number of ether oxygens (including phenoxy) is 1. The molecule has 0 aromatic carbocycles. The minimum absolute atomic E-state index is 0.0861. The summed E-state index contributed by atoms with van der Waals surface area (Å²) in [6.45, 7) is 6.30. The fraction of sp³-hybridized carbons (Fsp3) is 0.765. The van der Waals surface area contributed by atoms with Gasteiger partial charge in [0, 0.05) is 12.5 Å². The van der Waals surface area contributed by atoms with Gasteiger partial charge in [-0.05, 0) is 58.3 Å². The van der Waals surface area contributed by atoms with Gasteiger partial charge in [0.15, 0.2) is 0 Å². The minimum atomic E-state index is -0.496. The average Bonchev–Trinajstić information content (AvgIpc) is 3.11. The van der Waals surface area contributed by atoms with Crippen molar-refractivity contribution < 1.29 is 14.3 Å². The summed E-state index contributed by atoms with van der Waals surface area (Å²) in [5, 5.41) is 0. The lowest BCUT2D eigenvalue weighted by atomic mass is 9.92. The summed E-state index contributed by atoms with van der Waals surface area (Å²) in [7, 11) is 0. The molecule has 2 fully saturated rings. The Bertz CT molecular complexity index is 477. The van der Waals surface area contributed by atoms with Crippen LogP contribution < -0.4 is 0 Å². The van der Waals surface area contributed by atoms with Gasteiger partial charge in [0.1, 0.15) is 11.6 Å². The molecule has 1 saturated carbocycles. The van der Waals surface area contributed by atoms with Crippen molar-refractivity contribution in [1.82, 2.24) is 4.90 Å². The van der Waals surface area contributed by atoms with Crippen LogP contribution in [0.25, 0.3) is 0 Å². The summed E-state index contributed by atoms with van der Waals surface area (Å²) in [6.07, 6.45) is 8.13. The van der Waals surface area contributed by atoms with Crippen molar-refractivity contribution in [3.05, 3.63) is 12.2 Å². The van der Waals surface area contributed by atoms with Crippen molar-refractivity contribution in [3.63, 3.8) is 0 Å². The second-order valence-electron chi connectivity index (χ2n) is 7.61. The predicted molar refractivity (Wildman–Crippen MR) is 79.4 cm³/mol. The third-order valence-electron chi connectivity index (χ3n) is 4.81. The van der Waals surface area contributed by atoms with Crippen LogP contribution in [0.2, 0.25) is 0 Å². The van der Waals surface area contributed by atoms with Gasteiger partial charge in [-0.1, -0.05) is 12.2 Å². The summed E-state index contributed by atoms with van der Waals surface area (Å²) >= 11 is 0. The van der Waals surface area contributed by atoms with Crippen LogP contribution in [0.1, 0.15) is 46.5 Å². The van der Waals surface area contributed by atoms with Crippen molar-refractivity contribution in [2.75, 3.05) is 6.54 Å². The van der Waals surface area contributed by atoms with Gasteiger partial charge in [-0.25, -0.2) is 4.79 Å². The SMILES string of the molecule is CC(C)(C)OC(=O)[C@H]1CCCN1C(=O)C1CC2C=CC1C2. The Morgan fingerprint density at radius 2 is 1.95 bits per heavy atom. The number of hydrogen-bond donors (Lipinski definition) is 0. The molecule has 1 aliphatic heterocycles. The maximum atomic E-state index is 12.8. The fourth-order valence-corrected chi connectivity index (χ4v) is 3.92. The summed E-state index contributed by atoms with van der Waals surface area (Å²) in [4.78, 5) is 26.9. The van der Waals surface area contributed by atoms with Crippen LogP contribution in [0.5, 0.6) is 0 Å². The molecule has 116 valence electrons. The number of hydrogen-bond acceptors (Lipinski definition) is 3. The molecule has 2 bridgehead atoms. The zero-order valence-electron chi connectivity index (χ0n) is 13.2. The molecule has 3 rings (SSSR count). The van der Waals surface area contributed by atoms with Crippen LogP contribution in [0.3, 0.4) is 0 Å². The van der Waals surface area contributed by atoms with Crippen LogP contribution >= 0.6 is 0 Å². The van der Waals surface area contributed by atoms with E-state index in [1.54, 1.807) is 4.90 Å². The van der Waals surface area contributed by atoms with Crippen molar-refractivity contribution >= 4 is 11.9 Å². The zero-order chi connectivity index (χ0) is 15.2. The molecule has 0 N–H and O–H groups in total. The van der Waals surface area contributed by atoms with Crippen LogP contribution in [-0.4, -0.2) is 35.0 Å². The van der Waals surface area contributed by atoms with Crippen LogP contribution in [-0.2, 0) is 14.3 Å². The number of likely N-dealkylation sites (tertiary alicyclic amines) is 1.